The van der Waals surface area contributed by atoms with E-state index < -0.39 is 6.10 Å². The van der Waals surface area contributed by atoms with Gasteiger partial charge in [-0.1, -0.05) is 178 Å². The van der Waals surface area contributed by atoms with Crippen LogP contribution in [0.5, 0.6) is 0 Å². The summed E-state index contributed by atoms with van der Waals surface area (Å²) in [6.45, 7) is 6.51. The Bertz CT molecular complexity index is 1090. The SMILES string of the molecule is CCCC/C=C\CCCCCCCC(=O)OC[C@H](COC(=O)CCCCCCC/C=C\C/C=C\CCCCC)OC(=O)CCCCCCC/C=C\C/C=C\CCCCC. The number of carbonyl (C=O) groups excluding carboxylic acids is 3. The monoisotopic (exact) mass is 825 g/mol. The van der Waals surface area contributed by atoms with Crippen molar-refractivity contribution >= 4 is 17.9 Å². The van der Waals surface area contributed by atoms with Gasteiger partial charge in [-0.05, 0) is 103 Å². The highest BCUT2D eigenvalue weighted by atomic mass is 16.6. The molecule has 0 saturated carbocycles. The molecule has 59 heavy (non-hydrogen) atoms. The van der Waals surface area contributed by atoms with Gasteiger partial charge in [0.1, 0.15) is 13.2 Å². The van der Waals surface area contributed by atoms with Crippen LogP contribution >= 0.6 is 0 Å². The van der Waals surface area contributed by atoms with Crippen molar-refractivity contribution < 1.29 is 28.6 Å². The number of carbonyl (C=O) groups is 3. The highest BCUT2D eigenvalue weighted by Gasteiger charge is 2.19. The molecule has 0 amide bonds. The summed E-state index contributed by atoms with van der Waals surface area (Å²) in [6.07, 6.45) is 57.7. The Kier molecular flexibility index (Phi) is 45.4. The van der Waals surface area contributed by atoms with Gasteiger partial charge in [0.15, 0.2) is 6.10 Å². The molecule has 0 aliphatic heterocycles. The zero-order valence-electron chi connectivity index (χ0n) is 38.8. The van der Waals surface area contributed by atoms with Crippen molar-refractivity contribution in [3.05, 3.63) is 60.8 Å². The maximum atomic E-state index is 12.8. The summed E-state index contributed by atoms with van der Waals surface area (Å²) in [4.78, 5) is 37.9. The van der Waals surface area contributed by atoms with Crippen LogP contribution in [0.15, 0.2) is 60.8 Å². The average Bonchev–Trinajstić information content (AvgIpc) is 3.23. The van der Waals surface area contributed by atoms with E-state index in [1.165, 1.54) is 89.9 Å². The van der Waals surface area contributed by atoms with E-state index >= 15 is 0 Å². The van der Waals surface area contributed by atoms with Crippen LogP contribution in [0.1, 0.15) is 239 Å². The molecule has 0 aromatic rings. The normalized spacial score (nSPS) is 12.5. The molecule has 0 aliphatic carbocycles. The second kappa shape index (κ2) is 47.8. The van der Waals surface area contributed by atoms with Gasteiger partial charge in [-0.25, -0.2) is 0 Å². The molecule has 0 rings (SSSR count). The zero-order valence-corrected chi connectivity index (χ0v) is 38.8. The lowest BCUT2D eigenvalue weighted by Crippen LogP contribution is -2.30. The maximum absolute atomic E-state index is 12.8. The topological polar surface area (TPSA) is 78.9 Å². The number of hydrogen-bond donors (Lipinski definition) is 0. The van der Waals surface area contributed by atoms with Gasteiger partial charge in [0.2, 0.25) is 0 Å². The van der Waals surface area contributed by atoms with Crippen LogP contribution in [-0.2, 0) is 28.6 Å². The minimum absolute atomic E-state index is 0.0892. The molecule has 0 aromatic heterocycles. The maximum Gasteiger partial charge on any atom is 0.306 e. The van der Waals surface area contributed by atoms with Crippen LogP contribution in [0, 0.1) is 0 Å². The van der Waals surface area contributed by atoms with Gasteiger partial charge >= 0.3 is 17.9 Å². The van der Waals surface area contributed by atoms with Crippen molar-refractivity contribution in [1.29, 1.82) is 0 Å². The lowest BCUT2D eigenvalue weighted by atomic mass is 10.1. The van der Waals surface area contributed by atoms with Crippen molar-refractivity contribution in [2.45, 2.75) is 245 Å². The first-order valence-electron chi connectivity index (χ1n) is 24.8. The quantitative estimate of drug-likeness (QED) is 0.0263. The fourth-order valence-corrected chi connectivity index (χ4v) is 6.66. The third-order valence-electron chi connectivity index (χ3n) is 10.5. The molecule has 0 fully saturated rings. The molecule has 340 valence electrons. The molecule has 0 unspecified atom stereocenters. The zero-order chi connectivity index (χ0) is 43.0. The van der Waals surface area contributed by atoms with Gasteiger partial charge in [-0.3, -0.25) is 14.4 Å². The smallest absolute Gasteiger partial charge is 0.306 e. The molecule has 1 atom stereocenters. The first kappa shape index (κ1) is 56.1. The Hall–Kier alpha value is -2.89. The van der Waals surface area contributed by atoms with Crippen molar-refractivity contribution in [2.75, 3.05) is 13.2 Å². The third-order valence-corrected chi connectivity index (χ3v) is 10.5. The molecule has 0 N–H and O–H groups in total. The fourth-order valence-electron chi connectivity index (χ4n) is 6.66. The Morgan fingerprint density at radius 2 is 0.627 bits per heavy atom. The Morgan fingerprint density at radius 3 is 1.00 bits per heavy atom. The van der Waals surface area contributed by atoms with Crippen LogP contribution < -0.4 is 0 Å². The highest BCUT2D eigenvalue weighted by molar-refractivity contribution is 5.71. The number of esters is 3. The van der Waals surface area contributed by atoms with Crippen LogP contribution in [0.3, 0.4) is 0 Å². The van der Waals surface area contributed by atoms with Gasteiger partial charge in [0, 0.05) is 19.3 Å². The number of rotatable bonds is 44. The molecular formula is C53H92O6. The predicted molar refractivity (Wildman–Crippen MR) is 251 cm³/mol. The lowest BCUT2D eigenvalue weighted by Gasteiger charge is -2.18. The molecule has 0 saturated heterocycles. The molecule has 6 nitrogen and oxygen atoms in total. The Balaban J connectivity index is 4.43. The van der Waals surface area contributed by atoms with Crippen LogP contribution in [0.2, 0.25) is 0 Å². The molecule has 0 aliphatic rings. The number of ether oxygens (including phenoxy) is 3. The second-order valence-corrected chi connectivity index (χ2v) is 16.4. The van der Waals surface area contributed by atoms with Gasteiger partial charge in [0.05, 0.1) is 0 Å². The second-order valence-electron chi connectivity index (χ2n) is 16.4. The van der Waals surface area contributed by atoms with Crippen LogP contribution in [0.25, 0.3) is 0 Å². The van der Waals surface area contributed by atoms with E-state index in [2.05, 4.69) is 81.5 Å². The molecule has 0 spiro atoms. The fraction of sp³-hybridized carbons (Fsp3) is 0.755. The Labute approximate surface area is 364 Å². The molecule has 0 radical (unpaired) electrons. The minimum Gasteiger partial charge on any atom is -0.462 e. The summed E-state index contributed by atoms with van der Waals surface area (Å²) < 4.78 is 16.7. The van der Waals surface area contributed by atoms with E-state index in [1.54, 1.807) is 0 Å². The molecule has 0 heterocycles. The van der Waals surface area contributed by atoms with E-state index in [9.17, 15) is 14.4 Å². The number of allylic oxidation sites excluding steroid dienone is 10. The van der Waals surface area contributed by atoms with Gasteiger partial charge in [-0.2, -0.15) is 0 Å². The molecule has 0 aromatic carbocycles. The minimum atomic E-state index is -0.789. The summed E-state index contributed by atoms with van der Waals surface area (Å²) in [5.74, 6) is -0.926. The summed E-state index contributed by atoms with van der Waals surface area (Å²) in [6, 6.07) is 0. The van der Waals surface area contributed by atoms with E-state index in [0.717, 1.165) is 109 Å². The largest absolute Gasteiger partial charge is 0.462 e. The molecule has 0 bridgehead atoms. The summed E-state index contributed by atoms with van der Waals surface area (Å²) in [5, 5.41) is 0. The summed E-state index contributed by atoms with van der Waals surface area (Å²) in [7, 11) is 0. The molecule has 6 heteroatoms. The van der Waals surface area contributed by atoms with Gasteiger partial charge in [0.25, 0.3) is 0 Å². The van der Waals surface area contributed by atoms with Gasteiger partial charge < -0.3 is 14.2 Å². The summed E-state index contributed by atoms with van der Waals surface area (Å²) in [5.41, 5.74) is 0. The summed E-state index contributed by atoms with van der Waals surface area (Å²) >= 11 is 0. The first-order chi connectivity index (χ1) is 29.0. The van der Waals surface area contributed by atoms with Gasteiger partial charge in [-0.15, -0.1) is 0 Å². The molecular weight excluding hydrogens is 733 g/mol. The predicted octanol–water partition coefficient (Wildman–Crippen LogP) is 16.1. The van der Waals surface area contributed by atoms with E-state index in [0.29, 0.717) is 19.3 Å². The standard InChI is InChI=1S/C53H92O6/c1-4-7-10-13-16-19-22-24-26-28-31-34-37-40-43-46-52(55)58-49-50(48-57-51(54)45-42-39-36-33-30-21-18-15-12-9-6-3)59-53(56)47-44-41-38-35-32-29-27-25-23-20-17-14-11-8-5-2/h15-20,24-27,50H,4-14,21-23,28-49H2,1-3H3/b18-15-,19-16-,20-17-,26-24-,27-25-/t50-/m1/s1. The van der Waals surface area contributed by atoms with Crippen LogP contribution in [0.4, 0.5) is 0 Å². The van der Waals surface area contributed by atoms with E-state index in [4.69, 9.17) is 14.2 Å². The Morgan fingerprint density at radius 1 is 0.339 bits per heavy atom. The van der Waals surface area contributed by atoms with Crippen molar-refractivity contribution in [3.8, 4) is 0 Å². The number of hydrogen-bond acceptors (Lipinski definition) is 6. The third kappa shape index (κ3) is 46.0. The average molecular weight is 825 g/mol. The van der Waals surface area contributed by atoms with Crippen molar-refractivity contribution in [2.24, 2.45) is 0 Å². The lowest BCUT2D eigenvalue weighted by molar-refractivity contribution is -0.167. The highest BCUT2D eigenvalue weighted by Crippen LogP contribution is 2.13. The van der Waals surface area contributed by atoms with Crippen molar-refractivity contribution in [1.82, 2.24) is 0 Å². The van der Waals surface area contributed by atoms with E-state index in [1.807, 2.05) is 0 Å². The van der Waals surface area contributed by atoms with E-state index in [-0.39, 0.29) is 31.1 Å². The first-order valence-corrected chi connectivity index (χ1v) is 24.8. The van der Waals surface area contributed by atoms with Crippen molar-refractivity contribution in [3.63, 3.8) is 0 Å². The number of unbranched alkanes of at least 4 members (excludes halogenated alkanes) is 23. The van der Waals surface area contributed by atoms with Crippen LogP contribution in [-0.4, -0.2) is 37.2 Å².